The molecule has 0 radical (unpaired) electrons. The molecule has 2 aliphatic heterocycles. The van der Waals surface area contributed by atoms with Crippen molar-refractivity contribution in [3.05, 3.63) is 28.8 Å². The highest BCUT2D eigenvalue weighted by atomic mass is 16.1. The SMILES string of the molecule is Cc1cc2c(c(CC3CCCNC3)c1)NC(=O)C2. The molecule has 2 heterocycles. The van der Waals surface area contributed by atoms with Crippen molar-refractivity contribution in [2.45, 2.75) is 32.6 Å². The molecular formula is C15H20N2O. The lowest BCUT2D eigenvalue weighted by molar-refractivity contribution is -0.115. The van der Waals surface area contributed by atoms with Crippen molar-refractivity contribution >= 4 is 11.6 Å². The first-order valence-electron chi connectivity index (χ1n) is 6.85. The van der Waals surface area contributed by atoms with Crippen LogP contribution in [0, 0.1) is 12.8 Å². The number of carbonyl (C=O) groups excluding carboxylic acids is 1. The zero-order chi connectivity index (χ0) is 12.5. The van der Waals surface area contributed by atoms with Gasteiger partial charge in [-0.1, -0.05) is 17.7 Å². The number of hydrogen-bond acceptors (Lipinski definition) is 2. The van der Waals surface area contributed by atoms with Crippen LogP contribution in [0.4, 0.5) is 5.69 Å². The Morgan fingerprint density at radius 3 is 3.06 bits per heavy atom. The molecule has 1 saturated heterocycles. The number of hydrogen-bond donors (Lipinski definition) is 2. The lowest BCUT2D eigenvalue weighted by atomic mass is 9.90. The summed E-state index contributed by atoms with van der Waals surface area (Å²) in [6, 6.07) is 4.37. The highest BCUT2D eigenvalue weighted by Gasteiger charge is 2.23. The van der Waals surface area contributed by atoms with Gasteiger partial charge in [0.05, 0.1) is 6.42 Å². The zero-order valence-electron chi connectivity index (χ0n) is 10.9. The Morgan fingerprint density at radius 1 is 1.39 bits per heavy atom. The Hall–Kier alpha value is -1.35. The second-order valence-electron chi connectivity index (χ2n) is 5.60. The molecule has 0 bridgehead atoms. The lowest BCUT2D eigenvalue weighted by Gasteiger charge is -2.23. The molecule has 2 N–H and O–H groups in total. The summed E-state index contributed by atoms with van der Waals surface area (Å²) >= 11 is 0. The van der Waals surface area contributed by atoms with E-state index >= 15 is 0 Å². The molecule has 1 atom stereocenters. The molecule has 3 nitrogen and oxygen atoms in total. The first-order valence-corrected chi connectivity index (χ1v) is 6.85. The van der Waals surface area contributed by atoms with Gasteiger partial charge in [0.15, 0.2) is 0 Å². The number of aryl methyl sites for hydroxylation is 1. The molecule has 1 amide bonds. The second-order valence-corrected chi connectivity index (χ2v) is 5.60. The van der Waals surface area contributed by atoms with Gasteiger partial charge in [0, 0.05) is 5.69 Å². The predicted octanol–water partition coefficient (Wildman–Crippen LogP) is 2.03. The summed E-state index contributed by atoms with van der Waals surface area (Å²) in [4.78, 5) is 11.5. The third-order valence-electron chi connectivity index (χ3n) is 3.97. The fourth-order valence-corrected chi connectivity index (χ4v) is 3.17. The summed E-state index contributed by atoms with van der Waals surface area (Å²) in [5.74, 6) is 0.848. The molecule has 1 aromatic rings. The largest absolute Gasteiger partial charge is 0.325 e. The van der Waals surface area contributed by atoms with Gasteiger partial charge in [-0.3, -0.25) is 4.79 Å². The number of amides is 1. The van der Waals surface area contributed by atoms with Crippen LogP contribution in [-0.4, -0.2) is 19.0 Å². The number of anilines is 1. The molecule has 0 saturated carbocycles. The molecule has 1 fully saturated rings. The van der Waals surface area contributed by atoms with E-state index in [9.17, 15) is 4.79 Å². The van der Waals surface area contributed by atoms with Crippen LogP contribution in [0.3, 0.4) is 0 Å². The van der Waals surface area contributed by atoms with Gasteiger partial charge in [0.25, 0.3) is 0 Å². The van der Waals surface area contributed by atoms with Crippen molar-refractivity contribution in [3.63, 3.8) is 0 Å². The third kappa shape index (κ3) is 2.27. The standard InChI is InChI=1S/C15H20N2O/c1-10-5-12(7-11-3-2-4-16-9-11)15-13(6-10)8-14(18)17-15/h5-6,11,16H,2-4,7-9H2,1H3,(H,17,18). The first kappa shape index (κ1) is 11.7. The number of carbonyl (C=O) groups is 1. The summed E-state index contributed by atoms with van der Waals surface area (Å²) in [5, 5.41) is 6.48. The van der Waals surface area contributed by atoms with Crippen molar-refractivity contribution in [1.82, 2.24) is 5.32 Å². The van der Waals surface area contributed by atoms with Gasteiger partial charge in [-0.25, -0.2) is 0 Å². The van der Waals surface area contributed by atoms with Crippen molar-refractivity contribution in [3.8, 4) is 0 Å². The Morgan fingerprint density at radius 2 is 2.28 bits per heavy atom. The van der Waals surface area contributed by atoms with E-state index in [1.807, 2.05) is 0 Å². The van der Waals surface area contributed by atoms with Gasteiger partial charge in [0.2, 0.25) is 5.91 Å². The molecular weight excluding hydrogens is 224 g/mol. The molecule has 0 aliphatic carbocycles. The van der Waals surface area contributed by atoms with E-state index in [-0.39, 0.29) is 5.91 Å². The fourth-order valence-electron chi connectivity index (χ4n) is 3.17. The summed E-state index contributed by atoms with van der Waals surface area (Å²) in [6.45, 7) is 4.38. The van der Waals surface area contributed by atoms with Crippen LogP contribution in [0.5, 0.6) is 0 Å². The number of fused-ring (bicyclic) bond motifs is 1. The summed E-state index contributed by atoms with van der Waals surface area (Å²) in [5.41, 5.74) is 4.86. The summed E-state index contributed by atoms with van der Waals surface area (Å²) in [6.07, 6.45) is 4.19. The van der Waals surface area contributed by atoms with Crippen LogP contribution in [0.25, 0.3) is 0 Å². The maximum absolute atomic E-state index is 11.5. The minimum Gasteiger partial charge on any atom is -0.325 e. The maximum atomic E-state index is 11.5. The molecule has 2 aliphatic rings. The first-order chi connectivity index (χ1) is 8.72. The van der Waals surface area contributed by atoms with E-state index in [1.165, 1.54) is 29.5 Å². The van der Waals surface area contributed by atoms with Gasteiger partial charge >= 0.3 is 0 Å². The molecule has 0 aromatic heterocycles. The fraction of sp³-hybridized carbons (Fsp3) is 0.533. The van der Waals surface area contributed by atoms with Crippen molar-refractivity contribution in [1.29, 1.82) is 0 Å². The average Bonchev–Trinajstić information content (AvgIpc) is 2.71. The van der Waals surface area contributed by atoms with Gasteiger partial charge in [-0.05, 0) is 56.3 Å². The molecule has 0 spiro atoms. The van der Waals surface area contributed by atoms with Crippen molar-refractivity contribution < 1.29 is 4.79 Å². The van der Waals surface area contributed by atoms with E-state index in [0.717, 1.165) is 25.2 Å². The molecule has 96 valence electrons. The smallest absolute Gasteiger partial charge is 0.228 e. The Bertz CT molecular complexity index is 476. The highest BCUT2D eigenvalue weighted by molar-refractivity contribution is 6.00. The van der Waals surface area contributed by atoms with Crippen LogP contribution >= 0.6 is 0 Å². The van der Waals surface area contributed by atoms with Gasteiger partial charge < -0.3 is 10.6 Å². The summed E-state index contributed by atoms with van der Waals surface area (Å²) < 4.78 is 0. The monoisotopic (exact) mass is 244 g/mol. The highest BCUT2D eigenvalue weighted by Crippen LogP contribution is 2.31. The molecule has 1 unspecified atom stereocenters. The lowest BCUT2D eigenvalue weighted by Crippen LogP contribution is -2.31. The Balaban J connectivity index is 1.85. The van der Waals surface area contributed by atoms with Gasteiger partial charge in [0.1, 0.15) is 0 Å². The van der Waals surface area contributed by atoms with E-state index in [2.05, 4.69) is 29.7 Å². The van der Waals surface area contributed by atoms with Crippen LogP contribution in [0.1, 0.15) is 29.5 Å². The van der Waals surface area contributed by atoms with Crippen molar-refractivity contribution in [2.75, 3.05) is 18.4 Å². The van der Waals surface area contributed by atoms with E-state index in [1.54, 1.807) is 0 Å². The minimum atomic E-state index is 0.138. The molecule has 1 aromatic carbocycles. The molecule has 18 heavy (non-hydrogen) atoms. The second kappa shape index (κ2) is 4.73. The molecule has 3 rings (SSSR count). The van der Waals surface area contributed by atoms with E-state index < -0.39 is 0 Å². The quantitative estimate of drug-likeness (QED) is 0.836. The number of benzene rings is 1. The van der Waals surface area contributed by atoms with Crippen LogP contribution in [0.15, 0.2) is 12.1 Å². The third-order valence-corrected chi connectivity index (χ3v) is 3.97. The minimum absolute atomic E-state index is 0.138. The van der Waals surface area contributed by atoms with Gasteiger partial charge in [-0.15, -0.1) is 0 Å². The normalized spacial score (nSPS) is 22.7. The van der Waals surface area contributed by atoms with Crippen LogP contribution < -0.4 is 10.6 Å². The van der Waals surface area contributed by atoms with Gasteiger partial charge in [-0.2, -0.15) is 0 Å². The van der Waals surface area contributed by atoms with Crippen LogP contribution in [0.2, 0.25) is 0 Å². The maximum Gasteiger partial charge on any atom is 0.228 e. The predicted molar refractivity (Wildman–Crippen MR) is 72.8 cm³/mol. The average molecular weight is 244 g/mol. The number of rotatable bonds is 2. The Labute approximate surface area is 108 Å². The van der Waals surface area contributed by atoms with E-state index in [4.69, 9.17) is 0 Å². The van der Waals surface area contributed by atoms with Crippen LogP contribution in [-0.2, 0) is 17.6 Å². The summed E-state index contributed by atoms with van der Waals surface area (Å²) in [7, 11) is 0. The zero-order valence-corrected chi connectivity index (χ0v) is 10.9. The topological polar surface area (TPSA) is 41.1 Å². The van der Waals surface area contributed by atoms with Crippen molar-refractivity contribution in [2.24, 2.45) is 5.92 Å². The Kier molecular flexibility index (Phi) is 3.08. The van der Waals surface area contributed by atoms with E-state index in [0.29, 0.717) is 12.3 Å². The molecule has 3 heteroatoms. The number of nitrogens with one attached hydrogen (secondary N) is 2. The number of piperidine rings is 1.